The van der Waals surface area contributed by atoms with Crippen molar-refractivity contribution in [1.82, 2.24) is 15.1 Å². The predicted molar refractivity (Wildman–Crippen MR) is 123 cm³/mol. The smallest absolute Gasteiger partial charge is 0.387 e. The van der Waals surface area contributed by atoms with Gasteiger partial charge in [0.05, 0.1) is 21.8 Å². The number of hydrogen-bond donors (Lipinski definition) is 1. The lowest BCUT2D eigenvalue weighted by Crippen LogP contribution is -2.27. The number of alkyl halides is 2. The van der Waals surface area contributed by atoms with Gasteiger partial charge in [-0.3, -0.25) is 5.10 Å². The Bertz CT molecular complexity index is 1370. The molecule has 0 unspecified atom stereocenters. The van der Waals surface area contributed by atoms with Crippen LogP contribution in [0.5, 0.6) is 5.75 Å². The van der Waals surface area contributed by atoms with E-state index in [9.17, 15) is 13.2 Å². The van der Waals surface area contributed by atoms with Gasteiger partial charge in [-0.15, -0.1) is 0 Å². The molecule has 0 fully saturated rings. The highest BCUT2D eigenvalue weighted by Crippen LogP contribution is 2.41. The molecule has 1 N–H and O–H groups in total. The van der Waals surface area contributed by atoms with Gasteiger partial charge in [0.2, 0.25) is 0 Å². The van der Waals surface area contributed by atoms with Crippen molar-refractivity contribution in [3.05, 3.63) is 70.0 Å². The summed E-state index contributed by atoms with van der Waals surface area (Å²) < 4.78 is 45.2. The number of hydrogen-bond acceptors (Lipinski definition) is 3. The van der Waals surface area contributed by atoms with Crippen molar-refractivity contribution in [2.45, 2.75) is 26.5 Å². The predicted octanol–water partition coefficient (Wildman–Crippen LogP) is 6.59. The molecule has 0 atom stereocenters. The average Bonchev–Trinajstić information content (AvgIpc) is 3.15. The van der Waals surface area contributed by atoms with E-state index >= 15 is 0 Å². The van der Waals surface area contributed by atoms with Gasteiger partial charge in [0.25, 0.3) is 0 Å². The van der Waals surface area contributed by atoms with E-state index in [1.807, 2.05) is 0 Å². The van der Waals surface area contributed by atoms with Crippen LogP contribution in [0.2, 0.25) is 5.02 Å². The van der Waals surface area contributed by atoms with Crippen molar-refractivity contribution in [1.29, 1.82) is 0 Å². The molecule has 0 spiro atoms. The SMILES string of the molecule is Cc1cc(-c2n[nH]c3cc(Cl)c(-c4c(F)cccc4OC(F)F)cc23)cc2c1CCN(C)C2. The summed E-state index contributed by atoms with van der Waals surface area (Å²) in [6.45, 7) is 0.881. The van der Waals surface area contributed by atoms with Gasteiger partial charge >= 0.3 is 6.61 Å². The van der Waals surface area contributed by atoms with Crippen LogP contribution in [0.4, 0.5) is 13.2 Å². The van der Waals surface area contributed by atoms with Crippen LogP contribution >= 0.6 is 11.6 Å². The summed E-state index contributed by atoms with van der Waals surface area (Å²) >= 11 is 6.45. The van der Waals surface area contributed by atoms with Crippen molar-refractivity contribution >= 4 is 22.5 Å². The first-order valence-electron chi connectivity index (χ1n) is 10.5. The third-order valence-electron chi connectivity index (χ3n) is 6.13. The van der Waals surface area contributed by atoms with Gasteiger partial charge in [-0.1, -0.05) is 17.7 Å². The van der Waals surface area contributed by atoms with Crippen molar-refractivity contribution in [2.24, 2.45) is 0 Å². The van der Waals surface area contributed by atoms with Crippen LogP contribution in [0.25, 0.3) is 33.3 Å². The summed E-state index contributed by atoms with van der Waals surface area (Å²) in [6.07, 6.45) is 0.999. The Labute approximate surface area is 193 Å². The molecule has 33 heavy (non-hydrogen) atoms. The fraction of sp³-hybridized carbons (Fsp3) is 0.240. The van der Waals surface area contributed by atoms with E-state index < -0.39 is 12.4 Å². The van der Waals surface area contributed by atoms with E-state index in [2.05, 4.69) is 45.9 Å². The first-order valence-corrected chi connectivity index (χ1v) is 10.9. The molecule has 0 saturated heterocycles. The van der Waals surface area contributed by atoms with E-state index in [0.29, 0.717) is 16.6 Å². The monoisotopic (exact) mass is 471 g/mol. The molecule has 4 nitrogen and oxygen atoms in total. The van der Waals surface area contributed by atoms with Crippen molar-refractivity contribution in [3.63, 3.8) is 0 Å². The fourth-order valence-corrected chi connectivity index (χ4v) is 4.87. The van der Waals surface area contributed by atoms with Crippen LogP contribution in [0.1, 0.15) is 16.7 Å². The molecule has 0 saturated carbocycles. The number of aromatic amines is 1. The maximum absolute atomic E-state index is 14.8. The van der Waals surface area contributed by atoms with Crippen molar-refractivity contribution < 1.29 is 17.9 Å². The number of likely N-dealkylation sites (N-methyl/N-ethyl adjacent to an activating group) is 1. The van der Waals surface area contributed by atoms with Crippen LogP contribution < -0.4 is 4.74 Å². The van der Waals surface area contributed by atoms with Gasteiger partial charge in [0, 0.05) is 29.6 Å². The van der Waals surface area contributed by atoms with Gasteiger partial charge in [0.15, 0.2) is 0 Å². The molecule has 1 aliphatic heterocycles. The number of ether oxygens (including phenoxy) is 1. The Balaban J connectivity index is 1.68. The van der Waals surface area contributed by atoms with Gasteiger partial charge in [0.1, 0.15) is 11.6 Å². The van der Waals surface area contributed by atoms with Crippen LogP contribution in [-0.4, -0.2) is 35.3 Å². The minimum absolute atomic E-state index is 0.111. The molecular formula is C25H21ClF3N3O. The van der Waals surface area contributed by atoms with Crippen LogP contribution in [-0.2, 0) is 13.0 Å². The lowest BCUT2D eigenvalue weighted by Gasteiger charge is -2.26. The highest BCUT2D eigenvalue weighted by atomic mass is 35.5. The standard InChI is InChI=1S/C25H21ClF3N3O/c1-13-8-14(9-15-12-32(2)7-6-16(13)15)24-18-10-17(19(26)11-21(18)30-31-24)23-20(27)4-3-5-22(23)33-25(28)29/h3-5,8-11,25H,6-7,12H2,1-2H3,(H,30,31). The highest BCUT2D eigenvalue weighted by Gasteiger charge is 2.22. The zero-order chi connectivity index (χ0) is 23.3. The number of rotatable bonds is 4. The lowest BCUT2D eigenvalue weighted by atomic mass is 9.91. The first kappa shape index (κ1) is 21.8. The Morgan fingerprint density at radius 1 is 1.18 bits per heavy atom. The number of nitrogens with one attached hydrogen (secondary N) is 1. The molecule has 170 valence electrons. The first-order chi connectivity index (χ1) is 15.8. The van der Waals surface area contributed by atoms with E-state index in [1.165, 1.54) is 34.9 Å². The minimum atomic E-state index is -3.09. The number of benzene rings is 3. The number of halogens is 4. The zero-order valence-corrected chi connectivity index (χ0v) is 18.8. The third-order valence-corrected chi connectivity index (χ3v) is 6.45. The Hall–Kier alpha value is -3.03. The molecule has 0 bridgehead atoms. The van der Waals surface area contributed by atoms with Gasteiger partial charge in [-0.05, 0) is 73.5 Å². The molecule has 1 aliphatic rings. The summed E-state index contributed by atoms with van der Waals surface area (Å²) in [5.41, 5.74) is 6.25. The number of nitrogens with zero attached hydrogens (tertiary/aromatic N) is 2. The fourth-order valence-electron chi connectivity index (χ4n) is 4.61. The van der Waals surface area contributed by atoms with Gasteiger partial charge in [-0.2, -0.15) is 13.9 Å². The average molecular weight is 472 g/mol. The molecule has 0 aliphatic carbocycles. The Morgan fingerprint density at radius 3 is 2.79 bits per heavy atom. The van der Waals surface area contributed by atoms with Gasteiger partial charge < -0.3 is 9.64 Å². The maximum Gasteiger partial charge on any atom is 0.387 e. The second kappa shape index (κ2) is 8.39. The summed E-state index contributed by atoms with van der Waals surface area (Å²) in [7, 11) is 2.09. The van der Waals surface area contributed by atoms with E-state index in [1.54, 1.807) is 12.1 Å². The summed E-state index contributed by atoms with van der Waals surface area (Å²) in [5, 5.41) is 8.40. The number of H-pyrrole nitrogens is 1. The Morgan fingerprint density at radius 2 is 2.00 bits per heavy atom. The molecular weight excluding hydrogens is 451 g/mol. The largest absolute Gasteiger partial charge is 0.434 e. The molecule has 5 rings (SSSR count). The number of aryl methyl sites for hydroxylation is 1. The van der Waals surface area contributed by atoms with Crippen LogP contribution in [0.3, 0.4) is 0 Å². The highest BCUT2D eigenvalue weighted by molar-refractivity contribution is 6.34. The summed E-state index contributed by atoms with van der Waals surface area (Å²) in [4.78, 5) is 2.27. The molecule has 8 heteroatoms. The van der Waals surface area contributed by atoms with Crippen molar-refractivity contribution in [2.75, 3.05) is 13.6 Å². The van der Waals surface area contributed by atoms with Gasteiger partial charge in [-0.25, -0.2) is 4.39 Å². The van der Waals surface area contributed by atoms with Crippen LogP contribution in [0.15, 0.2) is 42.5 Å². The summed E-state index contributed by atoms with van der Waals surface area (Å²) in [5.74, 6) is -0.976. The van der Waals surface area contributed by atoms with E-state index in [0.717, 1.165) is 25.1 Å². The second-order valence-electron chi connectivity index (χ2n) is 8.36. The molecule has 0 amide bonds. The molecule has 1 aromatic heterocycles. The summed E-state index contributed by atoms with van der Waals surface area (Å²) in [6, 6.07) is 11.3. The molecule has 4 aromatic rings. The lowest BCUT2D eigenvalue weighted by molar-refractivity contribution is -0.0495. The topological polar surface area (TPSA) is 41.1 Å². The molecule has 3 aromatic carbocycles. The minimum Gasteiger partial charge on any atom is -0.434 e. The molecule has 0 radical (unpaired) electrons. The normalized spacial score (nSPS) is 14.2. The van der Waals surface area contributed by atoms with Crippen LogP contribution in [0, 0.1) is 12.7 Å². The Kier molecular flexibility index (Phi) is 5.54. The van der Waals surface area contributed by atoms with E-state index in [4.69, 9.17) is 11.6 Å². The number of aromatic nitrogens is 2. The van der Waals surface area contributed by atoms with E-state index in [-0.39, 0.29) is 21.9 Å². The zero-order valence-electron chi connectivity index (χ0n) is 18.1. The maximum atomic E-state index is 14.8. The quantitative estimate of drug-likeness (QED) is 0.365. The second-order valence-corrected chi connectivity index (χ2v) is 8.77. The third kappa shape index (κ3) is 3.96. The van der Waals surface area contributed by atoms with Crippen molar-refractivity contribution in [3.8, 4) is 28.1 Å². The number of fused-ring (bicyclic) bond motifs is 2. The molecule has 2 heterocycles.